The van der Waals surface area contributed by atoms with Crippen LogP contribution < -0.4 is 4.72 Å². The Bertz CT molecular complexity index is 439. The molecule has 1 aromatic rings. The molecular weight excluding hydrogens is 240 g/mol. The van der Waals surface area contributed by atoms with Crippen LogP contribution in [0.5, 0.6) is 0 Å². The number of aliphatic hydroxyl groups is 1. The molecule has 1 atom stereocenters. The molecule has 17 heavy (non-hydrogen) atoms. The van der Waals surface area contributed by atoms with Gasteiger partial charge in [-0.05, 0) is 25.0 Å². The number of rotatable bonds is 7. The first-order chi connectivity index (χ1) is 7.96. The van der Waals surface area contributed by atoms with Gasteiger partial charge in [-0.25, -0.2) is 13.1 Å². The van der Waals surface area contributed by atoms with E-state index < -0.39 is 16.1 Å². The lowest BCUT2D eigenvalue weighted by Crippen LogP contribution is -2.28. The molecule has 0 saturated heterocycles. The smallest absolute Gasteiger partial charge is 0.211 e. The van der Waals surface area contributed by atoms with Gasteiger partial charge in [0.1, 0.15) is 0 Å². The lowest BCUT2D eigenvalue weighted by atomic mass is 10.2. The third-order valence-corrected chi connectivity index (χ3v) is 4.13. The highest BCUT2D eigenvalue weighted by Gasteiger charge is 2.12. The van der Waals surface area contributed by atoms with E-state index in [0.717, 1.165) is 5.69 Å². The predicted molar refractivity (Wildman–Crippen MR) is 67.1 cm³/mol. The zero-order chi connectivity index (χ0) is 12.9. The van der Waals surface area contributed by atoms with Gasteiger partial charge in [-0.15, -0.1) is 0 Å². The molecule has 6 heteroatoms. The molecule has 0 amide bonds. The summed E-state index contributed by atoms with van der Waals surface area (Å²) in [5.41, 5.74) is 0.791. The average Bonchev–Trinajstić information content (AvgIpc) is 2.63. The molecule has 1 heterocycles. The van der Waals surface area contributed by atoms with E-state index in [1.807, 2.05) is 36.9 Å². The van der Waals surface area contributed by atoms with E-state index in [1.54, 1.807) is 0 Å². The maximum atomic E-state index is 11.4. The molecule has 1 unspecified atom stereocenters. The summed E-state index contributed by atoms with van der Waals surface area (Å²) in [4.78, 5) is 0. The molecule has 0 radical (unpaired) electrons. The quantitative estimate of drug-likeness (QED) is 0.761. The van der Waals surface area contributed by atoms with Gasteiger partial charge in [0, 0.05) is 25.5 Å². The molecule has 0 aliphatic rings. The van der Waals surface area contributed by atoms with Gasteiger partial charge in [-0.2, -0.15) is 0 Å². The highest BCUT2D eigenvalue weighted by molar-refractivity contribution is 7.89. The summed E-state index contributed by atoms with van der Waals surface area (Å²) in [6, 6.07) is 3.67. The number of nitrogens with one attached hydrogen (secondary N) is 1. The Morgan fingerprint density at radius 2 is 2.24 bits per heavy atom. The third kappa shape index (κ3) is 4.49. The monoisotopic (exact) mass is 260 g/mol. The fraction of sp³-hybridized carbons (Fsp3) is 0.636. The van der Waals surface area contributed by atoms with Crippen molar-refractivity contribution in [3.05, 3.63) is 24.0 Å². The van der Waals surface area contributed by atoms with Gasteiger partial charge in [0.05, 0.1) is 11.9 Å². The summed E-state index contributed by atoms with van der Waals surface area (Å²) in [5, 5.41) is 9.86. The molecule has 1 rings (SSSR count). The first kappa shape index (κ1) is 14.2. The molecule has 2 N–H and O–H groups in total. The van der Waals surface area contributed by atoms with E-state index in [2.05, 4.69) is 4.72 Å². The van der Waals surface area contributed by atoms with Crippen molar-refractivity contribution in [1.82, 2.24) is 9.29 Å². The Hall–Kier alpha value is -0.850. The maximum absolute atomic E-state index is 11.4. The van der Waals surface area contributed by atoms with Crippen LogP contribution in [0.4, 0.5) is 0 Å². The Morgan fingerprint density at radius 3 is 2.76 bits per heavy atom. The van der Waals surface area contributed by atoms with Crippen LogP contribution in [0.25, 0.3) is 0 Å². The Labute approximate surface area is 103 Å². The highest BCUT2D eigenvalue weighted by atomic mass is 32.2. The van der Waals surface area contributed by atoms with Gasteiger partial charge >= 0.3 is 0 Å². The summed E-state index contributed by atoms with van der Waals surface area (Å²) in [7, 11) is -1.33. The molecule has 0 saturated carbocycles. The van der Waals surface area contributed by atoms with Crippen molar-refractivity contribution in [2.24, 2.45) is 7.05 Å². The number of aliphatic hydroxyl groups excluding tert-OH is 1. The molecule has 98 valence electrons. The summed E-state index contributed by atoms with van der Waals surface area (Å²) in [6.07, 6.45) is 2.18. The fourth-order valence-corrected chi connectivity index (χ4v) is 2.77. The lowest BCUT2D eigenvalue weighted by molar-refractivity contribution is 0.161. The molecule has 5 nitrogen and oxygen atoms in total. The number of aryl methyl sites for hydroxylation is 1. The molecule has 1 aromatic heterocycles. The second-order valence-electron chi connectivity index (χ2n) is 4.06. The van der Waals surface area contributed by atoms with Crippen LogP contribution >= 0.6 is 0 Å². The minimum Gasteiger partial charge on any atom is -0.387 e. The Balaban J connectivity index is 2.40. The number of sulfonamides is 1. The van der Waals surface area contributed by atoms with Gasteiger partial charge in [0.15, 0.2) is 0 Å². The van der Waals surface area contributed by atoms with Crippen LogP contribution in [0.2, 0.25) is 0 Å². The molecular formula is C11H20N2O3S. The van der Waals surface area contributed by atoms with Gasteiger partial charge in [-0.3, -0.25) is 0 Å². The van der Waals surface area contributed by atoms with Crippen LogP contribution in [0.1, 0.15) is 31.6 Å². The first-order valence-corrected chi connectivity index (χ1v) is 7.38. The van der Waals surface area contributed by atoms with E-state index >= 15 is 0 Å². The highest BCUT2D eigenvalue weighted by Crippen LogP contribution is 2.15. The maximum Gasteiger partial charge on any atom is 0.211 e. The second kappa shape index (κ2) is 6.18. The summed E-state index contributed by atoms with van der Waals surface area (Å²) < 4.78 is 27.0. The molecule has 0 aromatic carbocycles. The van der Waals surface area contributed by atoms with Crippen molar-refractivity contribution >= 4 is 10.0 Å². The van der Waals surface area contributed by atoms with E-state index in [-0.39, 0.29) is 12.3 Å². The van der Waals surface area contributed by atoms with Crippen molar-refractivity contribution in [2.75, 3.05) is 12.3 Å². The van der Waals surface area contributed by atoms with Gasteiger partial charge in [0.25, 0.3) is 0 Å². The van der Waals surface area contributed by atoms with E-state index in [1.165, 1.54) is 0 Å². The molecule has 0 aliphatic carbocycles. The van der Waals surface area contributed by atoms with Gasteiger partial charge in [-0.1, -0.05) is 6.92 Å². The van der Waals surface area contributed by atoms with E-state index in [0.29, 0.717) is 12.8 Å². The molecule has 0 fully saturated rings. The SMILES string of the molecule is CCCS(=O)(=O)NCCC(O)c1cccn1C. The molecule has 0 spiro atoms. The molecule has 0 bridgehead atoms. The number of hydrogen-bond donors (Lipinski definition) is 2. The van der Waals surface area contributed by atoms with Gasteiger partial charge < -0.3 is 9.67 Å². The van der Waals surface area contributed by atoms with Crippen molar-refractivity contribution in [3.63, 3.8) is 0 Å². The van der Waals surface area contributed by atoms with Crippen molar-refractivity contribution < 1.29 is 13.5 Å². The topological polar surface area (TPSA) is 71.3 Å². The zero-order valence-corrected chi connectivity index (χ0v) is 11.1. The van der Waals surface area contributed by atoms with Crippen molar-refractivity contribution in [1.29, 1.82) is 0 Å². The van der Waals surface area contributed by atoms with Crippen LogP contribution in [0, 0.1) is 0 Å². The third-order valence-electron chi connectivity index (χ3n) is 2.54. The van der Waals surface area contributed by atoms with Crippen LogP contribution in [-0.4, -0.2) is 30.4 Å². The predicted octanol–water partition coefficient (Wildman–Crippen LogP) is 0.778. The summed E-state index contributed by atoms with van der Waals surface area (Å²) >= 11 is 0. The minimum atomic E-state index is -3.17. The van der Waals surface area contributed by atoms with E-state index in [9.17, 15) is 13.5 Å². The van der Waals surface area contributed by atoms with Crippen molar-refractivity contribution in [3.8, 4) is 0 Å². The van der Waals surface area contributed by atoms with Crippen LogP contribution in [-0.2, 0) is 17.1 Å². The van der Waals surface area contributed by atoms with Crippen molar-refractivity contribution in [2.45, 2.75) is 25.9 Å². The number of nitrogens with zero attached hydrogens (tertiary/aromatic N) is 1. The van der Waals surface area contributed by atoms with Crippen LogP contribution in [0.3, 0.4) is 0 Å². The largest absolute Gasteiger partial charge is 0.387 e. The summed E-state index contributed by atoms with van der Waals surface area (Å²) in [6.45, 7) is 2.08. The molecule has 0 aliphatic heterocycles. The second-order valence-corrected chi connectivity index (χ2v) is 5.99. The minimum absolute atomic E-state index is 0.132. The van der Waals surface area contributed by atoms with Crippen LogP contribution in [0.15, 0.2) is 18.3 Å². The number of aromatic nitrogens is 1. The normalized spacial score (nSPS) is 13.8. The lowest BCUT2D eigenvalue weighted by Gasteiger charge is -2.12. The Kier molecular flexibility index (Phi) is 5.17. The zero-order valence-electron chi connectivity index (χ0n) is 10.3. The Morgan fingerprint density at radius 1 is 1.53 bits per heavy atom. The first-order valence-electron chi connectivity index (χ1n) is 5.73. The standard InChI is InChI=1S/C11H20N2O3S/c1-3-9-17(15,16)12-7-6-11(14)10-5-4-8-13(10)2/h4-5,8,11-12,14H,3,6-7,9H2,1-2H3. The van der Waals surface area contributed by atoms with Gasteiger partial charge in [0.2, 0.25) is 10.0 Å². The number of hydrogen-bond acceptors (Lipinski definition) is 3. The fourth-order valence-electron chi connectivity index (χ4n) is 1.66. The van der Waals surface area contributed by atoms with E-state index in [4.69, 9.17) is 0 Å². The average molecular weight is 260 g/mol. The summed E-state index contributed by atoms with van der Waals surface area (Å²) in [5.74, 6) is 0.132.